The summed E-state index contributed by atoms with van der Waals surface area (Å²) in [5, 5.41) is 6.04. The topological polar surface area (TPSA) is 59.6 Å². The number of hydrogen-bond donors (Lipinski definition) is 2. The van der Waals surface area contributed by atoms with Gasteiger partial charge in [-0.05, 0) is 43.7 Å². The fraction of sp³-hybridized carbons (Fsp3) is 0.240. The number of ether oxygens (including phenoxy) is 2. The lowest BCUT2D eigenvalue weighted by atomic mass is 10.2. The summed E-state index contributed by atoms with van der Waals surface area (Å²) < 4.78 is 11.6. The van der Waals surface area contributed by atoms with E-state index in [0.717, 1.165) is 23.6 Å². The first-order chi connectivity index (χ1) is 14.6. The number of amides is 1. The predicted octanol–water partition coefficient (Wildman–Crippen LogP) is 5.15. The third-order valence-corrected chi connectivity index (χ3v) is 4.31. The monoisotopic (exact) mass is 404 g/mol. The second-order valence-electron chi connectivity index (χ2n) is 7.18. The number of benzene rings is 3. The van der Waals surface area contributed by atoms with Crippen molar-refractivity contribution >= 4 is 17.3 Å². The Hall–Kier alpha value is -3.47. The lowest BCUT2D eigenvalue weighted by molar-refractivity contribution is -0.114. The van der Waals surface area contributed by atoms with E-state index < -0.39 is 0 Å². The Labute approximate surface area is 178 Å². The molecule has 30 heavy (non-hydrogen) atoms. The minimum Gasteiger partial charge on any atom is -0.493 e. The molecular weight excluding hydrogens is 376 g/mol. The van der Waals surface area contributed by atoms with Gasteiger partial charge in [0.15, 0.2) is 0 Å². The van der Waals surface area contributed by atoms with Crippen LogP contribution in [0, 0.1) is 0 Å². The molecule has 1 amide bonds. The molecular formula is C25H28N2O3. The molecule has 0 radical (unpaired) electrons. The van der Waals surface area contributed by atoms with Gasteiger partial charge in [-0.2, -0.15) is 0 Å². The number of carbonyl (C=O) groups excluding carboxylic acids is 1. The summed E-state index contributed by atoms with van der Waals surface area (Å²) in [6.07, 6.45) is 0.894. The van der Waals surface area contributed by atoms with Crippen molar-refractivity contribution < 1.29 is 14.3 Å². The number of carbonyl (C=O) groups is 1. The minimum absolute atomic E-state index is 0.0615. The molecule has 0 aromatic heterocycles. The number of hydrogen-bond acceptors (Lipinski definition) is 4. The Balaban J connectivity index is 1.49. The molecule has 5 nitrogen and oxygen atoms in total. The predicted molar refractivity (Wildman–Crippen MR) is 121 cm³/mol. The van der Waals surface area contributed by atoms with Crippen LogP contribution in [0.1, 0.15) is 19.4 Å². The zero-order chi connectivity index (χ0) is 21.2. The summed E-state index contributed by atoms with van der Waals surface area (Å²) in [6.45, 7) is 4.66. The molecule has 0 aliphatic carbocycles. The molecule has 3 aromatic carbocycles. The molecule has 3 rings (SSSR count). The van der Waals surface area contributed by atoms with Crippen LogP contribution >= 0.6 is 0 Å². The van der Waals surface area contributed by atoms with Crippen LogP contribution in [0.25, 0.3) is 0 Å². The van der Waals surface area contributed by atoms with E-state index in [0.29, 0.717) is 12.3 Å². The molecule has 0 saturated carbocycles. The van der Waals surface area contributed by atoms with Crippen molar-refractivity contribution in [1.29, 1.82) is 0 Å². The van der Waals surface area contributed by atoms with Crippen molar-refractivity contribution in [3.8, 4) is 11.5 Å². The van der Waals surface area contributed by atoms with Gasteiger partial charge in [0.2, 0.25) is 5.91 Å². The summed E-state index contributed by atoms with van der Waals surface area (Å²) in [4.78, 5) is 12.4. The SMILES string of the molecule is CC(C)Oc1ccccc1NCC(=O)Nc1cccc(OCCc2ccccc2)c1. The Morgan fingerprint density at radius 2 is 1.70 bits per heavy atom. The maximum atomic E-state index is 12.4. The fourth-order valence-electron chi connectivity index (χ4n) is 2.95. The van der Waals surface area contributed by atoms with Gasteiger partial charge in [0.05, 0.1) is 24.9 Å². The molecule has 2 N–H and O–H groups in total. The Morgan fingerprint density at radius 1 is 0.933 bits per heavy atom. The van der Waals surface area contributed by atoms with Crippen LogP contribution in [0.3, 0.4) is 0 Å². The molecule has 5 heteroatoms. The lowest BCUT2D eigenvalue weighted by Gasteiger charge is -2.15. The highest BCUT2D eigenvalue weighted by Gasteiger charge is 2.08. The summed E-state index contributed by atoms with van der Waals surface area (Å²) in [7, 11) is 0. The summed E-state index contributed by atoms with van der Waals surface area (Å²) in [5.41, 5.74) is 2.72. The van der Waals surface area contributed by atoms with E-state index in [1.54, 1.807) is 0 Å². The molecule has 0 aliphatic rings. The van der Waals surface area contributed by atoms with E-state index >= 15 is 0 Å². The van der Waals surface area contributed by atoms with Crippen molar-refractivity contribution in [3.05, 3.63) is 84.4 Å². The molecule has 0 fully saturated rings. The highest BCUT2D eigenvalue weighted by molar-refractivity contribution is 5.94. The quantitative estimate of drug-likeness (QED) is 0.491. The first-order valence-electron chi connectivity index (χ1n) is 10.2. The van der Waals surface area contributed by atoms with E-state index in [4.69, 9.17) is 9.47 Å². The van der Waals surface area contributed by atoms with E-state index in [9.17, 15) is 4.79 Å². The average Bonchev–Trinajstić information content (AvgIpc) is 2.74. The van der Waals surface area contributed by atoms with Crippen LogP contribution in [0.15, 0.2) is 78.9 Å². The molecule has 0 unspecified atom stereocenters. The van der Waals surface area contributed by atoms with E-state index in [1.807, 2.05) is 80.6 Å². The van der Waals surface area contributed by atoms with Crippen LogP contribution in [0.2, 0.25) is 0 Å². The van der Waals surface area contributed by atoms with Gasteiger partial charge in [-0.1, -0.05) is 48.5 Å². The highest BCUT2D eigenvalue weighted by atomic mass is 16.5. The van der Waals surface area contributed by atoms with Crippen molar-refractivity contribution in [2.45, 2.75) is 26.4 Å². The minimum atomic E-state index is -0.143. The maximum absolute atomic E-state index is 12.4. The second-order valence-corrected chi connectivity index (χ2v) is 7.18. The van der Waals surface area contributed by atoms with Gasteiger partial charge in [-0.15, -0.1) is 0 Å². The lowest BCUT2D eigenvalue weighted by Crippen LogP contribution is -2.22. The van der Waals surface area contributed by atoms with Crippen LogP contribution in [0.4, 0.5) is 11.4 Å². The van der Waals surface area contributed by atoms with Crippen LogP contribution in [-0.4, -0.2) is 25.2 Å². The largest absolute Gasteiger partial charge is 0.493 e. The van der Waals surface area contributed by atoms with Gasteiger partial charge in [-0.3, -0.25) is 4.79 Å². The Kier molecular flexibility index (Phi) is 7.72. The van der Waals surface area contributed by atoms with E-state index in [2.05, 4.69) is 22.8 Å². The smallest absolute Gasteiger partial charge is 0.243 e. The second kappa shape index (κ2) is 10.9. The first-order valence-corrected chi connectivity index (χ1v) is 10.2. The van der Waals surface area contributed by atoms with Crippen LogP contribution in [0.5, 0.6) is 11.5 Å². The summed E-state index contributed by atoms with van der Waals surface area (Å²) in [5.74, 6) is 1.32. The standard InChI is InChI=1S/C25H28N2O3/c1-19(2)30-24-14-7-6-13-23(24)26-18-25(28)27-21-11-8-12-22(17-21)29-16-15-20-9-4-3-5-10-20/h3-14,17,19,26H,15-16,18H2,1-2H3,(H,27,28). The molecule has 0 aliphatic heterocycles. The molecule has 0 spiro atoms. The molecule has 0 heterocycles. The third-order valence-electron chi connectivity index (χ3n) is 4.31. The molecule has 3 aromatic rings. The van der Waals surface area contributed by atoms with Crippen LogP contribution in [-0.2, 0) is 11.2 Å². The molecule has 0 atom stereocenters. The van der Waals surface area contributed by atoms with Crippen molar-refractivity contribution in [3.63, 3.8) is 0 Å². The number of anilines is 2. The number of nitrogens with one attached hydrogen (secondary N) is 2. The van der Waals surface area contributed by atoms with E-state index in [1.165, 1.54) is 5.56 Å². The fourth-order valence-corrected chi connectivity index (χ4v) is 2.95. The summed E-state index contributed by atoms with van der Waals surface area (Å²) >= 11 is 0. The Morgan fingerprint density at radius 3 is 2.50 bits per heavy atom. The van der Waals surface area contributed by atoms with Gasteiger partial charge >= 0.3 is 0 Å². The highest BCUT2D eigenvalue weighted by Crippen LogP contribution is 2.24. The zero-order valence-corrected chi connectivity index (χ0v) is 17.4. The van der Waals surface area contributed by atoms with E-state index in [-0.39, 0.29) is 18.6 Å². The molecule has 0 bridgehead atoms. The van der Waals surface area contributed by atoms with Crippen molar-refractivity contribution in [2.75, 3.05) is 23.8 Å². The van der Waals surface area contributed by atoms with Gasteiger partial charge < -0.3 is 20.1 Å². The van der Waals surface area contributed by atoms with Gasteiger partial charge in [0, 0.05) is 18.2 Å². The van der Waals surface area contributed by atoms with Gasteiger partial charge in [0.25, 0.3) is 0 Å². The van der Waals surface area contributed by atoms with Gasteiger partial charge in [-0.25, -0.2) is 0 Å². The zero-order valence-electron chi connectivity index (χ0n) is 17.4. The van der Waals surface area contributed by atoms with Crippen molar-refractivity contribution in [2.24, 2.45) is 0 Å². The molecule has 0 saturated heterocycles. The normalized spacial score (nSPS) is 10.5. The van der Waals surface area contributed by atoms with Crippen molar-refractivity contribution in [1.82, 2.24) is 0 Å². The average molecular weight is 405 g/mol. The number of rotatable bonds is 10. The first kappa shape index (κ1) is 21.2. The van der Waals surface area contributed by atoms with Crippen LogP contribution < -0.4 is 20.1 Å². The maximum Gasteiger partial charge on any atom is 0.243 e. The summed E-state index contributed by atoms with van der Waals surface area (Å²) in [6, 6.07) is 25.2. The number of para-hydroxylation sites is 2. The Bertz CT molecular complexity index is 942. The third kappa shape index (κ3) is 6.85. The molecule has 156 valence electrons. The van der Waals surface area contributed by atoms with Gasteiger partial charge in [0.1, 0.15) is 11.5 Å².